The van der Waals surface area contributed by atoms with E-state index in [2.05, 4.69) is 24.8 Å². The molecule has 2 aromatic heterocycles. The number of H-pyrrole nitrogens is 1. The molecule has 2 aromatic rings. The van der Waals surface area contributed by atoms with Crippen LogP contribution in [-0.2, 0) is 21.5 Å². The van der Waals surface area contributed by atoms with Crippen LogP contribution in [0, 0.1) is 11.8 Å². The van der Waals surface area contributed by atoms with E-state index in [1.165, 1.54) is 4.31 Å². The van der Waals surface area contributed by atoms with Gasteiger partial charge in [-0.3, -0.25) is 10.00 Å². The average Bonchev–Trinajstić information content (AvgIpc) is 3.39. The largest absolute Gasteiger partial charge is 0.370 e. The molecular formula is C18H27ClN6O3S. The fourth-order valence-electron chi connectivity index (χ4n) is 5.26. The minimum atomic E-state index is -3.42. The van der Waals surface area contributed by atoms with Crippen molar-refractivity contribution in [3.8, 4) is 0 Å². The van der Waals surface area contributed by atoms with E-state index in [1.54, 1.807) is 20.3 Å². The highest BCUT2D eigenvalue weighted by atomic mass is 35.5. The molecule has 160 valence electrons. The van der Waals surface area contributed by atoms with E-state index in [0.29, 0.717) is 12.5 Å². The highest BCUT2D eigenvalue weighted by molar-refractivity contribution is 7.87. The third-order valence-corrected chi connectivity index (χ3v) is 8.12. The van der Waals surface area contributed by atoms with Crippen molar-refractivity contribution in [2.45, 2.75) is 31.1 Å². The summed E-state index contributed by atoms with van der Waals surface area (Å²) in [6, 6.07) is 3.97. The molecule has 3 aliphatic heterocycles. The number of fused-ring (bicyclic) bond motifs is 2. The van der Waals surface area contributed by atoms with Crippen LogP contribution in [0.4, 0.5) is 0 Å². The van der Waals surface area contributed by atoms with Crippen LogP contribution in [0.3, 0.4) is 0 Å². The fourth-order valence-corrected chi connectivity index (χ4v) is 5.92. The minimum Gasteiger partial charge on any atom is -0.370 e. The van der Waals surface area contributed by atoms with E-state index < -0.39 is 10.2 Å². The molecule has 0 unspecified atom stereocenters. The Morgan fingerprint density at radius 1 is 1.45 bits per heavy atom. The Labute approximate surface area is 176 Å². The maximum Gasteiger partial charge on any atom is 0.278 e. The van der Waals surface area contributed by atoms with Crippen molar-refractivity contribution >= 4 is 33.6 Å². The Bertz CT molecular complexity index is 998. The van der Waals surface area contributed by atoms with E-state index in [4.69, 9.17) is 4.74 Å². The van der Waals surface area contributed by atoms with Crippen molar-refractivity contribution in [3.05, 3.63) is 24.0 Å². The number of rotatable bonds is 6. The summed E-state index contributed by atoms with van der Waals surface area (Å²) in [4.78, 5) is 6.69. The number of nitrogens with zero attached hydrogens (tertiary/aromatic N) is 4. The quantitative estimate of drug-likeness (QED) is 0.684. The van der Waals surface area contributed by atoms with Gasteiger partial charge in [0.25, 0.3) is 10.2 Å². The number of aromatic nitrogens is 3. The van der Waals surface area contributed by atoms with Crippen molar-refractivity contribution in [1.82, 2.24) is 29.1 Å². The van der Waals surface area contributed by atoms with Crippen molar-refractivity contribution in [1.29, 1.82) is 0 Å². The molecule has 2 N–H and O–H groups in total. The van der Waals surface area contributed by atoms with Gasteiger partial charge in [-0.05, 0) is 25.0 Å². The Hall–Kier alpha value is -1.30. The Morgan fingerprint density at radius 2 is 2.28 bits per heavy atom. The van der Waals surface area contributed by atoms with Crippen LogP contribution in [-0.4, -0.2) is 78.2 Å². The molecule has 4 atom stereocenters. The van der Waals surface area contributed by atoms with Crippen molar-refractivity contribution in [2.24, 2.45) is 11.8 Å². The van der Waals surface area contributed by atoms with E-state index in [9.17, 15) is 8.42 Å². The van der Waals surface area contributed by atoms with Crippen molar-refractivity contribution < 1.29 is 13.2 Å². The molecule has 2 bridgehead atoms. The Balaban J connectivity index is 0.00000205. The summed E-state index contributed by atoms with van der Waals surface area (Å²) in [6.45, 7) is 2.99. The number of pyridine rings is 1. The lowest BCUT2D eigenvalue weighted by Crippen LogP contribution is -2.44. The highest BCUT2D eigenvalue weighted by Gasteiger charge is 2.62. The number of hydrogen-bond donors (Lipinski definition) is 2. The van der Waals surface area contributed by atoms with Crippen molar-refractivity contribution in [2.75, 3.05) is 33.7 Å². The van der Waals surface area contributed by atoms with Gasteiger partial charge in [-0.1, -0.05) is 0 Å². The van der Waals surface area contributed by atoms with E-state index in [0.717, 1.165) is 49.2 Å². The molecule has 0 aliphatic carbocycles. The Kier molecular flexibility index (Phi) is 5.37. The van der Waals surface area contributed by atoms with Crippen LogP contribution >= 0.6 is 12.4 Å². The van der Waals surface area contributed by atoms with Gasteiger partial charge in [-0.15, -0.1) is 12.4 Å². The van der Waals surface area contributed by atoms with Gasteiger partial charge in [0.15, 0.2) is 5.65 Å². The number of hydrogen-bond acceptors (Lipinski definition) is 6. The van der Waals surface area contributed by atoms with Crippen LogP contribution in [0.15, 0.2) is 18.3 Å². The zero-order valence-electron chi connectivity index (χ0n) is 16.5. The summed E-state index contributed by atoms with van der Waals surface area (Å²) in [5, 5.41) is 8.47. The standard InChI is InChI=1S/C18H26N6O3S.ClH/c1-23(2)28(25,26)20-8-13-14-9-24(11-18(14)6-5-16(13)27-18)10-15-12-4-3-7-19-17(12)22-21-15;/h3-4,7,13-14,16,20H,5-6,8-11H2,1-2H3,(H,19,21,22);1H/t13-,14+,16+,18+;/m0./s1. The molecule has 5 rings (SSSR count). The topological polar surface area (TPSA) is 103 Å². The van der Waals surface area contributed by atoms with Gasteiger partial charge in [0, 0.05) is 63.7 Å². The second-order valence-corrected chi connectivity index (χ2v) is 10.4. The molecule has 0 radical (unpaired) electrons. The molecule has 11 heteroatoms. The molecule has 3 saturated heterocycles. The third-order valence-electron chi connectivity index (χ3n) is 6.63. The zero-order valence-corrected chi connectivity index (χ0v) is 18.2. The molecule has 3 aliphatic rings. The number of nitrogens with one attached hydrogen (secondary N) is 2. The van der Waals surface area contributed by atoms with Crippen LogP contribution in [0.25, 0.3) is 11.0 Å². The first-order chi connectivity index (χ1) is 13.4. The van der Waals surface area contributed by atoms with Crippen LogP contribution < -0.4 is 4.72 Å². The first kappa shape index (κ1) is 21.0. The van der Waals surface area contributed by atoms with Gasteiger partial charge < -0.3 is 4.74 Å². The molecule has 9 nitrogen and oxygen atoms in total. The lowest BCUT2D eigenvalue weighted by atomic mass is 9.74. The number of halogens is 1. The van der Waals surface area contributed by atoms with E-state index >= 15 is 0 Å². The minimum absolute atomic E-state index is 0. The predicted molar refractivity (Wildman–Crippen MR) is 111 cm³/mol. The Morgan fingerprint density at radius 3 is 3.07 bits per heavy atom. The van der Waals surface area contributed by atoms with Gasteiger partial charge in [-0.25, -0.2) is 9.71 Å². The third kappa shape index (κ3) is 3.45. The molecule has 3 fully saturated rings. The maximum atomic E-state index is 12.1. The van der Waals surface area contributed by atoms with Gasteiger partial charge in [0.05, 0.1) is 17.4 Å². The molecule has 1 spiro atoms. The summed E-state index contributed by atoms with van der Waals surface area (Å²) >= 11 is 0. The van der Waals surface area contributed by atoms with Gasteiger partial charge in [-0.2, -0.15) is 17.8 Å². The SMILES string of the molecule is CN(C)S(=O)(=O)NC[C@H]1[C@H]2CN(Cc3[nH]nc4ncccc34)C[C@]23CC[C@H]1O3.Cl. The molecule has 0 aromatic carbocycles. The van der Waals surface area contributed by atoms with E-state index in [1.807, 2.05) is 12.1 Å². The number of aromatic amines is 1. The first-order valence-electron chi connectivity index (χ1n) is 9.73. The molecule has 0 amide bonds. The van der Waals surface area contributed by atoms with Gasteiger partial charge >= 0.3 is 0 Å². The van der Waals surface area contributed by atoms with Gasteiger partial charge in [0.2, 0.25) is 0 Å². The number of ether oxygens (including phenoxy) is 1. The highest BCUT2D eigenvalue weighted by Crippen LogP contribution is 2.54. The molecule has 5 heterocycles. The van der Waals surface area contributed by atoms with Crippen LogP contribution in [0.5, 0.6) is 0 Å². The predicted octanol–water partition coefficient (Wildman–Crippen LogP) is 0.755. The molecular weight excluding hydrogens is 416 g/mol. The fraction of sp³-hybridized carbons (Fsp3) is 0.667. The normalized spacial score (nSPS) is 31.5. The second kappa shape index (κ2) is 7.44. The van der Waals surface area contributed by atoms with Gasteiger partial charge in [0.1, 0.15) is 0 Å². The monoisotopic (exact) mass is 442 g/mol. The molecule has 0 saturated carbocycles. The van der Waals surface area contributed by atoms with Crippen molar-refractivity contribution in [3.63, 3.8) is 0 Å². The summed E-state index contributed by atoms with van der Waals surface area (Å²) in [5.74, 6) is 0.567. The summed E-state index contributed by atoms with van der Waals surface area (Å²) in [5.41, 5.74) is 1.68. The smallest absolute Gasteiger partial charge is 0.278 e. The lowest BCUT2D eigenvalue weighted by Gasteiger charge is -2.29. The number of likely N-dealkylation sites (tertiary alicyclic amines) is 1. The van der Waals surface area contributed by atoms with E-state index in [-0.39, 0.29) is 30.0 Å². The lowest BCUT2D eigenvalue weighted by molar-refractivity contribution is 0.00213. The summed E-state index contributed by atoms with van der Waals surface area (Å²) in [7, 11) is -0.331. The molecule has 29 heavy (non-hydrogen) atoms. The van der Waals surface area contributed by atoms with Crippen LogP contribution in [0.1, 0.15) is 18.5 Å². The summed E-state index contributed by atoms with van der Waals surface area (Å²) in [6.07, 6.45) is 3.98. The zero-order chi connectivity index (χ0) is 19.5. The summed E-state index contributed by atoms with van der Waals surface area (Å²) < 4.78 is 34.7. The second-order valence-electron chi connectivity index (χ2n) is 8.41. The maximum absolute atomic E-state index is 12.1. The van der Waals surface area contributed by atoms with Crippen LogP contribution in [0.2, 0.25) is 0 Å². The first-order valence-corrected chi connectivity index (χ1v) is 11.2. The average molecular weight is 443 g/mol.